The fraction of sp³-hybridized carbons (Fsp3) is 0.308. The lowest BCUT2D eigenvalue weighted by molar-refractivity contribution is -0.119. The molecule has 4 rings (SSSR count). The normalized spacial score (nSPS) is 12.2. The first-order valence-corrected chi connectivity index (χ1v) is 11.6. The van der Waals surface area contributed by atoms with Gasteiger partial charge in [0, 0.05) is 35.6 Å². The molecular formula is C26H27FN4O4. The van der Waals surface area contributed by atoms with Gasteiger partial charge in [0.05, 0.1) is 5.69 Å². The molecule has 0 radical (unpaired) electrons. The van der Waals surface area contributed by atoms with Crippen molar-refractivity contribution in [2.75, 3.05) is 25.0 Å². The van der Waals surface area contributed by atoms with Crippen LogP contribution in [0.4, 0.5) is 10.1 Å². The van der Waals surface area contributed by atoms with E-state index in [-0.39, 0.29) is 17.4 Å². The Kier molecular flexibility index (Phi) is 7.24. The summed E-state index contributed by atoms with van der Waals surface area (Å²) in [6, 6.07) is 12.4. The first-order chi connectivity index (χ1) is 16.9. The minimum Gasteiger partial charge on any atom is -0.451 e. The third kappa shape index (κ3) is 5.24. The van der Waals surface area contributed by atoms with Crippen LogP contribution in [0.2, 0.25) is 0 Å². The summed E-state index contributed by atoms with van der Waals surface area (Å²) >= 11 is 0. The van der Waals surface area contributed by atoms with Crippen LogP contribution in [0.3, 0.4) is 0 Å². The highest BCUT2D eigenvalue weighted by atomic mass is 19.1. The van der Waals surface area contributed by atoms with Crippen LogP contribution < -0.4 is 5.32 Å². The van der Waals surface area contributed by atoms with Gasteiger partial charge >= 0.3 is 5.97 Å². The summed E-state index contributed by atoms with van der Waals surface area (Å²) in [5.41, 5.74) is 3.55. The van der Waals surface area contributed by atoms with Gasteiger partial charge < -0.3 is 15.0 Å². The number of nitrogens with zero attached hydrogens (tertiary/aromatic N) is 3. The van der Waals surface area contributed by atoms with Crippen LogP contribution in [0.25, 0.3) is 5.69 Å². The molecule has 8 nitrogen and oxygen atoms in total. The third-order valence-corrected chi connectivity index (χ3v) is 6.00. The molecule has 1 N–H and O–H groups in total. The standard InChI is InChI=1S/C26H27FN4O4/c1-3-30(4-2)25(33)17-8-12-19(13-9-17)28-23(32)16-35-26(34)24-21-6-5-7-22(21)31(29-24)20-14-10-18(27)11-15-20/h8-15H,3-7,16H2,1-2H3,(H,28,32). The summed E-state index contributed by atoms with van der Waals surface area (Å²) < 4.78 is 20.2. The molecule has 2 aromatic carbocycles. The molecule has 1 aliphatic carbocycles. The Bertz CT molecular complexity index is 1230. The molecule has 3 aromatic rings. The van der Waals surface area contributed by atoms with E-state index in [9.17, 15) is 18.8 Å². The van der Waals surface area contributed by atoms with Gasteiger partial charge in [-0.1, -0.05) is 0 Å². The molecule has 2 amide bonds. The largest absolute Gasteiger partial charge is 0.451 e. The van der Waals surface area contributed by atoms with E-state index in [0.717, 1.165) is 24.1 Å². The number of benzene rings is 2. The molecule has 0 saturated heterocycles. The van der Waals surface area contributed by atoms with Crippen LogP contribution in [0, 0.1) is 5.82 Å². The number of amides is 2. The van der Waals surface area contributed by atoms with Crippen molar-refractivity contribution in [3.8, 4) is 5.69 Å². The number of carbonyl (C=O) groups is 3. The Morgan fingerprint density at radius 3 is 2.37 bits per heavy atom. The molecule has 0 unspecified atom stereocenters. The second kappa shape index (κ2) is 10.5. The lowest BCUT2D eigenvalue weighted by Crippen LogP contribution is -2.30. The van der Waals surface area contributed by atoms with Crippen LogP contribution in [0.15, 0.2) is 48.5 Å². The van der Waals surface area contributed by atoms with Crippen molar-refractivity contribution in [2.24, 2.45) is 0 Å². The maximum absolute atomic E-state index is 13.3. The van der Waals surface area contributed by atoms with Crippen LogP contribution in [0.5, 0.6) is 0 Å². The lowest BCUT2D eigenvalue weighted by atomic mass is 10.2. The Morgan fingerprint density at radius 2 is 1.71 bits per heavy atom. The fourth-order valence-electron chi connectivity index (χ4n) is 4.18. The maximum Gasteiger partial charge on any atom is 0.359 e. The summed E-state index contributed by atoms with van der Waals surface area (Å²) in [5.74, 6) is -1.61. The molecule has 0 saturated carbocycles. The van der Waals surface area contributed by atoms with Gasteiger partial charge in [0.15, 0.2) is 12.3 Å². The highest BCUT2D eigenvalue weighted by Crippen LogP contribution is 2.28. The van der Waals surface area contributed by atoms with E-state index in [1.54, 1.807) is 46.0 Å². The van der Waals surface area contributed by atoms with Crippen molar-refractivity contribution in [3.63, 3.8) is 0 Å². The number of anilines is 1. The molecule has 1 aliphatic rings. The highest BCUT2D eigenvalue weighted by Gasteiger charge is 2.28. The molecule has 1 heterocycles. The van der Waals surface area contributed by atoms with Crippen molar-refractivity contribution >= 4 is 23.5 Å². The van der Waals surface area contributed by atoms with Gasteiger partial charge in [-0.3, -0.25) is 9.59 Å². The van der Waals surface area contributed by atoms with Crippen LogP contribution >= 0.6 is 0 Å². The number of hydrogen-bond donors (Lipinski definition) is 1. The first kappa shape index (κ1) is 24.1. The molecule has 0 fully saturated rings. The zero-order valence-corrected chi connectivity index (χ0v) is 19.7. The average Bonchev–Trinajstić information content (AvgIpc) is 3.47. The predicted molar refractivity (Wildman–Crippen MR) is 128 cm³/mol. The summed E-state index contributed by atoms with van der Waals surface area (Å²) in [7, 11) is 0. The Hall–Kier alpha value is -4.01. The topological polar surface area (TPSA) is 93.5 Å². The highest BCUT2D eigenvalue weighted by molar-refractivity contribution is 5.97. The summed E-state index contributed by atoms with van der Waals surface area (Å²) in [5, 5.41) is 7.06. The van der Waals surface area contributed by atoms with Crippen molar-refractivity contribution < 1.29 is 23.5 Å². The van der Waals surface area contributed by atoms with E-state index in [1.807, 2.05) is 13.8 Å². The van der Waals surface area contributed by atoms with Crippen molar-refractivity contribution in [1.82, 2.24) is 14.7 Å². The Labute approximate surface area is 202 Å². The minimum atomic E-state index is -0.681. The SMILES string of the molecule is CCN(CC)C(=O)c1ccc(NC(=O)COC(=O)c2nn(-c3ccc(F)cc3)c3c2CCC3)cc1. The summed E-state index contributed by atoms with van der Waals surface area (Å²) in [4.78, 5) is 39.2. The zero-order chi connectivity index (χ0) is 24.9. The van der Waals surface area contributed by atoms with Gasteiger partial charge in [0.1, 0.15) is 5.82 Å². The third-order valence-electron chi connectivity index (χ3n) is 6.00. The van der Waals surface area contributed by atoms with Crippen molar-refractivity contribution in [2.45, 2.75) is 33.1 Å². The van der Waals surface area contributed by atoms with Gasteiger partial charge in [-0.05, 0) is 81.6 Å². The molecular weight excluding hydrogens is 451 g/mol. The number of carbonyl (C=O) groups excluding carboxylic acids is 3. The number of esters is 1. The first-order valence-electron chi connectivity index (χ1n) is 11.6. The zero-order valence-electron chi connectivity index (χ0n) is 19.7. The molecule has 0 spiro atoms. The minimum absolute atomic E-state index is 0.0746. The number of fused-ring (bicyclic) bond motifs is 1. The number of aromatic nitrogens is 2. The molecule has 0 bridgehead atoms. The second-order valence-corrected chi connectivity index (χ2v) is 8.19. The van der Waals surface area contributed by atoms with Gasteiger partial charge in [0.25, 0.3) is 11.8 Å². The summed E-state index contributed by atoms with van der Waals surface area (Å²) in [6.45, 7) is 4.59. The molecule has 35 heavy (non-hydrogen) atoms. The van der Waals surface area contributed by atoms with Gasteiger partial charge in [-0.15, -0.1) is 0 Å². The molecule has 182 valence electrons. The number of nitrogens with one attached hydrogen (secondary N) is 1. The predicted octanol–water partition coefficient (Wildman–Crippen LogP) is 3.78. The number of ether oxygens (including phenoxy) is 1. The second-order valence-electron chi connectivity index (χ2n) is 8.19. The quantitative estimate of drug-likeness (QED) is 0.498. The van der Waals surface area contributed by atoms with Crippen LogP contribution in [0.1, 0.15) is 52.4 Å². The maximum atomic E-state index is 13.3. The molecule has 9 heteroatoms. The van der Waals surface area contributed by atoms with Crippen LogP contribution in [-0.4, -0.2) is 52.2 Å². The van der Waals surface area contributed by atoms with E-state index < -0.39 is 18.5 Å². The molecule has 0 atom stereocenters. The smallest absolute Gasteiger partial charge is 0.359 e. The van der Waals surface area contributed by atoms with Gasteiger partial charge in [0.2, 0.25) is 0 Å². The average molecular weight is 479 g/mol. The molecule has 1 aromatic heterocycles. The summed E-state index contributed by atoms with van der Waals surface area (Å²) in [6.07, 6.45) is 2.31. The Morgan fingerprint density at radius 1 is 1.03 bits per heavy atom. The van der Waals surface area contributed by atoms with E-state index in [4.69, 9.17) is 4.74 Å². The number of hydrogen-bond acceptors (Lipinski definition) is 5. The lowest BCUT2D eigenvalue weighted by Gasteiger charge is -2.18. The van der Waals surface area contributed by atoms with Gasteiger partial charge in [-0.2, -0.15) is 5.10 Å². The Balaban J connectivity index is 1.38. The van der Waals surface area contributed by atoms with E-state index in [2.05, 4.69) is 10.4 Å². The van der Waals surface area contributed by atoms with E-state index >= 15 is 0 Å². The number of rotatable bonds is 8. The van der Waals surface area contributed by atoms with Gasteiger partial charge in [-0.25, -0.2) is 13.9 Å². The molecule has 0 aliphatic heterocycles. The van der Waals surface area contributed by atoms with E-state index in [0.29, 0.717) is 36.4 Å². The van der Waals surface area contributed by atoms with Crippen molar-refractivity contribution in [1.29, 1.82) is 0 Å². The van der Waals surface area contributed by atoms with E-state index in [1.165, 1.54) is 12.1 Å². The van der Waals surface area contributed by atoms with Crippen LogP contribution in [-0.2, 0) is 22.4 Å². The monoisotopic (exact) mass is 478 g/mol. The fourth-order valence-corrected chi connectivity index (χ4v) is 4.18. The number of halogens is 1. The van der Waals surface area contributed by atoms with Crippen molar-refractivity contribution in [3.05, 3.63) is 76.9 Å².